The van der Waals surface area contributed by atoms with Crippen molar-refractivity contribution in [3.05, 3.63) is 96.3 Å². The van der Waals surface area contributed by atoms with E-state index in [1.54, 1.807) is 12.1 Å². The Bertz CT molecular complexity index is 1120. The molecule has 0 aromatic heterocycles. The standard InChI is InChI=1S/C19H14FNO5S2/c20-16-13-11-15(12-14-16)19(22)21(27(23,24)17-7-3-1-4-8-17)28(25,26)18-9-5-2-6-10-18/h1-14H. The molecule has 0 saturated heterocycles. The van der Waals surface area contributed by atoms with E-state index >= 15 is 0 Å². The van der Waals surface area contributed by atoms with Gasteiger partial charge in [0.15, 0.2) is 0 Å². The number of carbonyl (C=O) groups is 1. The number of benzene rings is 3. The Morgan fingerprint density at radius 3 is 1.43 bits per heavy atom. The van der Waals surface area contributed by atoms with Crippen molar-refractivity contribution in [3.63, 3.8) is 0 Å². The monoisotopic (exact) mass is 419 g/mol. The van der Waals surface area contributed by atoms with Gasteiger partial charge in [0.05, 0.1) is 9.79 Å². The zero-order valence-corrected chi connectivity index (χ0v) is 15.9. The Hall–Kier alpha value is -3.04. The summed E-state index contributed by atoms with van der Waals surface area (Å²) in [6, 6.07) is 17.4. The van der Waals surface area contributed by atoms with Crippen LogP contribution in [-0.4, -0.2) is 26.5 Å². The van der Waals surface area contributed by atoms with Crippen LogP contribution < -0.4 is 0 Å². The minimum atomic E-state index is -4.76. The summed E-state index contributed by atoms with van der Waals surface area (Å²) < 4.78 is 65.4. The largest absolute Gasteiger partial charge is 0.282 e. The Balaban J connectivity index is 2.23. The molecule has 0 aliphatic heterocycles. The van der Waals surface area contributed by atoms with Gasteiger partial charge >= 0.3 is 0 Å². The molecule has 0 bridgehead atoms. The average molecular weight is 419 g/mol. The van der Waals surface area contributed by atoms with E-state index < -0.39 is 31.8 Å². The Morgan fingerprint density at radius 2 is 1.04 bits per heavy atom. The van der Waals surface area contributed by atoms with Crippen LogP contribution in [0.15, 0.2) is 94.7 Å². The fourth-order valence-electron chi connectivity index (χ4n) is 2.42. The first kappa shape index (κ1) is 19.7. The minimum Gasteiger partial charge on any atom is -0.267 e. The molecule has 3 rings (SSSR count). The molecule has 9 heteroatoms. The van der Waals surface area contributed by atoms with Crippen LogP contribution in [0.2, 0.25) is 0 Å². The summed E-state index contributed by atoms with van der Waals surface area (Å²) in [5, 5.41) is 0. The van der Waals surface area contributed by atoms with E-state index in [4.69, 9.17) is 0 Å². The van der Waals surface area contributed by atoms with Crippen molar-refractivity contribution >= 4 is 26.0 Å². The smallest absolute Gasteiger partial charge is 0.267 e. The lowest BCUT2D eigenvalue weighted by Crippen LogP contribution is -2.41. The van der Waals surface area contributed by atoms with Crippen LogP contribution in [-0.2, 0) is 20.0 Å². The molecule has 0 unspecified atom stereocenters. The molecule has 0 aliphatic carbocycles. The Morgan fingerprint density at radius 1 is 0.643 bits per heavy atom. The highest BCUT2D eigenvalue weighted by molar-refractivity contribution is 8.05. The van der Waals surface area contributed by atoms with Crippen molar-refractivity contribution in [2.45, 2.75) is 9.79 Å². The van der Waals surface area contributed by atoms with Gasteiger partial charge in [-0.15, -0.1) is 3.71 Å². The lowest BCUT2D eigenvalue weighted by atomic mass is 10.2. The van der Waals surface area contributed by atoms with Crippen molar-refractivity contribution in [2.24, 2.45) is 0 Å². The first-order valence-electron chi connectivity index (χ1n) is 7.95. The number of halogens is 1. The van der Waals surface area contributed by atoms with Gasteiger partial charge in [-0.25, -0.2) is 4.39 Å². The second-order valence-corrected chi connectivity index (χ2v) is 9.45. The normalized spacial score (nSPS) is 11.8. The molecule has 28 heavy (non-hydrogen) atoms. The predicted octanol–water partition coefficient (Wildman–Crippen LogP) is 3.05. The summed E-state index contributed by atoms with van der Waals surface area (Å²) in [7, 11) is -9.52. The van der Waals surface area contributed by atoms with Gasteiger partial charge in [0, 0.05) is 5.56 Å². The molecule has 0 spiro atoms. The van der Waals surface area contributed by atoms with Gasteiger partial charge in [0.1, 0.15) is 5.82 Å². The van der Waals surface area contributed by atoms with E-state index in [0.717, 1.165) is 24.3 Å². The quantitative estimate of drug-likeness (QED) is 0.634. The second kappa shape index (κ2) is 7.53. The molecule has 0 saturated carbocycles. The van der Waals surface area contributed by atoms with Gasteiger partial charge in [-0.05, 0) is 48.5 Å². The molecule has 0 atom stereocenters. The van der Waals surface area contributed by atoms with E-state index in [-0.39, 0.29) is 19.1 Å². The lowest BCUT2D eigenvalue weighted by Gasteiger charge is -2.22. The molecule has 0 heterocycles. The molecule has 144 valence electrons. The van der Waals surface area contributed by atoms with Crippen LogP contribution in [0.4, 0.5) is 4.39 Å². The Kier molecular flexibility index (Phi) is 5.30. The van der Waals surface area contributed by atoms with Crippen LogP contribution in [0.3, 0.4) is 0 Å². The number of sulfonamides is 2. The molecule has 0 aliphatic rings. The maximum Gasteiger partial charge on any atom is 0.282 e. The number of nitrogens with zero attached hydrogens (tertiary/aromatic N) is 1. The zero-order valence-electron chi connectivity index (χ0n) is 14.3. The summed E-state index contributed by atoms with van der Waals surface area (Å²) in [6.45, 7) is 0. The molecule has 0 radical (unpaired) electrons. The molecular formula is C19H14FNO5S2. The molecular weight excluding hydrogens is 405 g/mol. The second-order valence-electron chi connectivity index (χ2n) is 5.65. The number of rotatable bonds is 5. The predicted molar refractivity (Wildman–Crippen MR) is 99.8 cm³/mol. The fraction of sp³-hybridized carbons (Fsp3) is 0. The van der Waals surface area contributed by atoms with Gasteiger partial charge in [-0.1, -0.05) is 36.4 Å². The van der Waals surface area contributed by atoms with Crippen molar-refractivity contribution in [2.75, 3.05) is 0 Å². The first-order valence-corrected chi connectivity index (χ1v) is 10.8. The van der Waals surface area contributed by atoms with E-state index in [1.165, 1.54) is 48.5 Å². The highest BCUT2D eigenvalue weighted by Crippen LogP contribution is 2.26. The molecule has 6 nitrogen and oxygen atoms in total. The summed E-state index contributed by atoms with van der Waals surface area (Å²) in [5.41, 5.74) is -0.291. The molecule has 1 amide bonds. The van der Waals surface area contributed by atoms with Gasteiger partial charge in [-0.3, -0.25) is 4.79 Å². The average Bonchev–Trinajstić information content (AvgIpc) is 2.69. The highest BCUT2D eigenvalue weighted by Gasteiger charge is 2.41. The van der Waals surface area contributed by atoms with Crippen molar-refractivity contribution in [1.29, 1.82) is 0 Å². The maximum atomic E-state index is 13.2. The Labute approximate surface area is 162 Å². The van der Waals surface area contributed by atoms with Gasteiger partial charge < -0.3 is 0 Å². The minimum absolute atomic E-state index is 0.155. The summed E-state index contributed by atoms with van der Waals surface area (Å²) in [4.78, 5) is 12.2. The van der Waals surface area contributed by atoms with Crippen LogP contribution in [0.1, 0.15) is 10.4 Å². The summed E-state index contributed by atoms with van der Waals surface area (Å²) >= 11 is 0. The van der Waals surface area contributed by atoms with E-state index in [0.29, 0.717) is 0 Å². The SMILES string of the molecule is O=C(c1ccc(F)cc1)N(S(=O)(=O)c1ccccc1)S(=O)(=O)c1ccccc1. The van der Waals surface area contributed by atoms with Crippen LogP contribution >= 0.6 is 0 Å². The molecule has 3 aromatic rings. The highest BCUT2D eigenvalue weighted by atomic mass is 32.3. The van der Waals surface area contributed by atoms with E-state index in [2.05, 4.69) is 0 Å². The summed E-state index contributed by atoms with van der Waals surface area (Å²) in [6.07, 6.45) is 0. The van der Waals surface area contributed by atoms with Crippen molar-refractivity contribution in [1.82, 2.24) is 3.71 Å². The van der Waals surface area contributed by atoms with Gasteiger partial charge in [-0.2, -0.15) is 16.8 Å². The van der Waals surface area contributed by atoms with Crippen LogP contribution in [0, 0.1) is 5.82 Å². The van der Waals surface area contributed by atoms with Crippen molar-refractivity contribution in [3.8, 4) is 0 Å². The fourth-order valence-corrected chi connectivity index (χ4v) is 6.00. The first-order chi connectivity index (χ1) is 13.2. The topological polar surface area (TPSA) is 88.6 Å². The molecule has 0 fully saturated rings. The zero-order chi connectivity index (χ0) is 20.4. The summed E-state index contributed by atoms with van der Waals surface area (Å²) in [5.74, 6) is -1.97. The number of carbonyl (C=O) groups excluding carboxylic acids is 1. The molecule has 3 aromatic carbocycles. The number of hydrogen-bond acceptors (Lipinski definition) is 5. The third-order valence-electron chi connectivity index (χ3n) is 3.78. The van der Waals surface area contributed by atoms with E-state index in [1.807, 2.05) is 0 Å². The van der Waals surface area contributed by atoms with Crippen LogP contribution in [0.25, 0.3) is 0 Å². The number of amides is 1. The van der Waals surface area contributed by atoms with Gasteiger partial charge in [0.2, 0.25) is 0 Å². The van der Waals surface area contributed by atoms with Crippen molar-refractivity contribution < 1.29 is 26.0 Å². The van der Waals surface area contributed by atoms with Crippen LogP contribution in [0.5, 0.6) is 0 Å². The van der Waals surface area contributed by atoms with Gasteiger partial charge in [0.25, 0.3) is 26.0 Å². The molecule has 0 N–H and O–H groups in total. The maximum absolute atomic E-state index is 13.2. The third kappa shape index (κ3) is 3.67. The lowest BCUT2D eigenvalue weighted by molar-refractivity contribution is 0.0921. The third-order valence-corrected chi connectivity index (χ3v) is 7.89. The van der Waals surface area contributed by atoms with E-state index in [9.17, 15) is 26.0 Å². The number of hydrogen-bond donors (Lipinski definition) is 0.